The van der Waals surface area contributed by atoms with Crippen molar-refractivity contribution in [1.82, 2.24) is 10.2 Å². The maximum atomic E-state index is 12.7. The van der Waals surface area contributed by atoms with Crippen LogP contribution in [0.15, 0.2) is 60.7 Å². The van der Waals surface area contributed by atoms with Crippen molar-refractivity contribution in [2.75, 3.05) is 16.8 Å². The number of nitrogens with one attached hydrogen (secondary N) is 1. The molecule has 0 atom stereocenters. The highest BCUT2D eigenvalue weighted by Crippen LogP contribution is 2.28. The molecule has 0 saturated carbocycles. The number of hydrogen-bond donors (Lipinski definition) is 1. The lowest BCUT2D eigenvalue weighted by Crippen LogP contribution is -2.29. The zero-order valence-electron chi connectivity index (χ0n) is 13.9. The summed E-state index contributed by atoms with van der Waals surface area (Å²) >= 11 is 0. The molecule has 3 aromatic rings. The lowest BCUT2D eigenvalue weighted by Gasteiger charge is -2.16. The molecule has 1 amide bonds. The van der Waals surface area contributed by atoms with Crippen LogP contribution in [0.3, 0.4) is 0 Å². The highest BCUT2D eigenvalue weighted by Gasteiger charge is 2.26. The van der Waals surface area contributed by atoms with E-state index in [-0.39, 0.29) is 5.91 Å². The molecule has 0 spiro atoms. The van der Waals surface area contributed by atoms with Crippen LogP contribution in [0.4, 0.5) is 17.2 Å². The maximum absolute atomic E-state index is 12.7. The molecular weight excluding hydrogens is 326 g/mol. The van der Waals surface area contributed by atoms with E-state index < -0.39 is 0 Å². The van der Waals surface area contributed by atoms with E-state index in [9.17, 15) is 4.79 Å². The van der Waals surface area contributed by atoms with Gasteiger partial charge in [-0.15, -0.1) is 10.2 Å². The van der Waals surface area contributed by atoms with Gasteiger partial charge in [-0.2, -0.15) is 5.26 Å². The van der Waals surface area contributed by atoms with Crippen molar-refractivity contribution in [2.45, 2.75) is 6.42 Å². The van der Waals surface area contributed by atoms with E-state index in [0.717, 1.165) is 12.1 Å². The third-order valence-electron chi connectivity index (χ3n) is 4.33. The molecule has 4 rings (SSSR count). The van der Waals surface area contributed by atoms with Crippen molar-refractivity contribution in [2.24, 2.45) is 0 Å². The van der Waals surface area contributed by atoms with E-state index in [2.05, 4.69) is 21.6 Å². The topological polar surface area (TPSA) is 81.9 Å². The molecule has 1 aromatic heterocycles. The molecule has 0 aliphatic carbocycles. The molecule has 1 aliphatic heterocycles. The van der Waals surface area contributed by atoms with Gasteiger partial charge in [-0.3, -0.25) is 4.79 Å². The molecule has 6 nitrogen and oxygen atoms in total. The number of rotatable bonds is 3. The highest BCUT2D eigenvalue weighted by atomic mass is 16.2. The number of fused-ring (bicyclic) bond motifs is 1. The third kappa shape index (κ3) is 2.87. The van der Waals surface area contributed by atoms with E-state index in [1.165, 1.54) is 5.56 Å². The number of hydrogen-bond acceptors (Lipinski definition) is 5. The lowest BCUT2D eigenvalue weighted by atomic mass is 10.2. The minimum absolute atomic E-state index is 0.161. The second-order valence-electron chi connectivity index (χ2n) is 5.92. The maximum Gasteiger partial charge on any atom is 0.278 e. The predicted molar refractivity (Wildman–Crippen MR) is 98.3 cm³/mol. The highest BCUT2D eigenvalue weighted by molar-refractivity contribution is 6.06. The van der Waals surface area contributed by atoms with Gasteiger partial charge < -0.3 is 10.2 Å². The van der Waals surface area contributed by atoms with E-state index in [1.807, 2.05) is 30.3 Å². The van der Waals surface area contributed by atoms with Crippen LogP contribution < -0.4 is 10.2 Å². The minimum Gasteiger partial charge on any atom is -0.338 e. The van der Waals surface area contributed by atoms with Crippen molar-refractivity contribution in [3.63, 3.8) is 0 Å². The third-order valence-corrected chi connectivity index (χ3v) is 4.33. The van der Waals surface area contributed by atoms with Crippen molar-refractivity contribution < 1.29 is 4.79 Å². The Labute approximate surface area is 150 Å². The van der Waals surface area contributed by atoms with E-state index >= 15 is 0 Å². The van der Waals surface area contributed by atoms with Crippen LogP contribution in [0.25, 0.3) is 0 Å². The first kappa shape index (κ1) is 15.8. The molecule has 1 aliphatic rings. The van der Waals surface area contributed by atoms with Gasteiger partial charge in [0.1, 0.15) is 6.07 Å². The minimum atomic E-state index is -0.161. The number of anilines is 3. The lowest BCUT2D eigenvalue weighted by molar-refractivity contribution is 0.0983. The Morgan fingerprint density at radius 1 is 1.04 bits per heavy atom. The Hall–Kier alpha value is -3.72. The van der Waals surface area contributed by atoms with Crippen molar-refractivity contribution in [3.05, 3.63) is 77.5 Å². The second kappa shape index (κ2) is 6.65. The van der Waals surface area contributed by atoms with Crippen LogP contribution in [0, 0.1) is 11.3 Å². The van der Waals surface area contributed by atoms with Gasteiger partial charge >= 0.3 is 0 Å². The first-order valence-electron chi connectivity index (χ1n) is 8.26. The zero-order valence-corrected chi connectivity index (χ0v) is 13.9. The Bertz CT molecular complexity index is 1010. The molecule has 0 saturated heterocycles. The summed E-state index contributed by atoms with van der Waals surface area (Å²) in [5.74, 6) is 0.317. The summed E-state index contributed by atoms with van der Waals surface area (Å²) in [5, 5.41) is 20.3. The Kier molecular flexibility index (Phi) is 4.04. The van der Waals surface area contributed by atoms with Gasteiger partial charge in [0, 0.05) is 12.2 Å². The van der Waals surface area contributed by atoms with Crippen molar-refractivity contribution in [3.8, 4) is 6.07 Å². The largest absolute Gasteiger partial charge is 0.338 e. The van der Waals surface area contributed by atoms with Gasteiger partial charge in [-0.25, -0.2) is 0 Å². The summed E-state index contributed by atoms with van der Waals surface area (Å²) in [6.07, 6.45) is 0.847. The molecule has 2 aromatic carbocycles. The predicted octanol–water partition coefficient (Wildman–Crippen LogP) is 3.29. The number of carbonyl (C=O) groups excluding carboxylic acids is 1. The van der Waals surface area contributed by atoms with Crippen LogP contribution in [0.2, 0.25) is 0 Å². The normalized spacial score (nSPS) is 12.3. The van der Waals surface area contributed by atoms with Crippen LogP contribution >= 0.6 is 0 Å². The first-order valence-corrected chi connectivity index (χ1v) is 8.26. The second-order valence-corrected chi connectivity index (χ2v) is 5.92. The van der Waals surface area contributed by atoms with E-state index in [0.29, 0.717) is 29.3 Å². The van der Waals surface area contributed by atoms with E-state index in [4.69, 9.17) is 5.26 Å². The zero-order chi connectivity index (χ0) is 17.9. The summed E-state index contributed by atoms with van der Waals surface area (Å²) in [7, 11) is 0. The van der Waals surface area contributed by atoms with Gasteiger partial charge in [0.2, 0.25) is 0 Å². The quantitative estimate of drug-likeness (QED) is 0.790. The van der Waals surface area contributed by atoms with Crippen LogP contribution in [-0.2, 0) is 6.42 Å². The molecular formula is C20H15N5O. The first-order chi connectivity index (χ1) is 12.8. The van der Waals surface area contributed by atoms with Crippen LogP contribution in [-0.4, -0.2) is 22.6 Å². The summed E-state index contributed by atoms with van der Waals surface area (Å²) in [6.45, 7) is 0.648. The van der Waals surface area contributed by atoms with Crippen LogP contribution in [0.1, 0.15) is 21.6 Å². The van der Waals surface area contributed by atoms with Crippen molar-refractivity contribution >= 4 is 23.1 Å². The standard InChI is InChI=1S/C20H15N5O/c21-13-15-6-1-3-7-16(15)22-19-10-9-17(23-24-19)20(26)25-12-11-14-5-2-4-8-18(14)25/h1-10H,11-12H2,(H,22,24). The molecule has 0 unspecified atom stereocenters. The summed E-state index contributed by atoms with van der Waals surface area (Å²) in [5.41, 5.74) is 3.56. The summed E-state index contributed by atoms with van der Waals surface area (Å²) in [6, 6.07) is 20.5. The van der Waals surface area contributed by atoms with Gasteiger partial charge in [-0.05, 0) is 42.3 Å². The summed E-state index contributed by atoms with van der Waals surface area (Å²) in [4.78, 5) is 14.5. The van der Waals surface area contributed by atoms with Gasteiger partial charge in [0.05, 0.1) is 11.3 Å². The average Bonchev–Trinajstić information content (AvgIpc) is 3.12. The Morgan fingerprint density at radius 2 is 1.85 bits per heavy atom. The number of nitrogens with zero attached hydrogens (tertiary/aromatic N) is 4. The molecule has 0 fully saturated rings. The molecule has 126 valence electrons. The average molecular weight is 341 g/mol. The molecule has 26 heavy (non-hydrogen) atoms. The number of nitriles is 1. The molecule has 1 N–H and O–H groups in total. The number of benzene rings is 2. The van der Waals surface area contributed by atoms with Crippen LogP contribution in [0.5, 0.6) is 0 Å². The Morgan fingerprint density at radius 3 is 2.65 bits per heavy atom. The SMILES string of the molecule is N#Cc1ccccc1Nc1ccc(C(=O)N2CCc3ccccc32)nn1. The smallest absolute Gasteiger partial charge is 0.278 e. The van der Waals surface area contributed by atoms with Crippen molar-refractivity contribution in [1.29, 1.82) is 5.26 Å². The molecule has 2 heterocycles. The molecule has 0 radical (unpaired) electrons. The molecule has 0 bridgehead atoms. The fourth-order valence-electron chi connectivity index (χ4n) is 3.03. The van der Waals surface area contributed by atoms with E-state index in [1.54, 1.807) is 35.2 Å². The fourth-order valence-corrected chi connectivity index (χ4v) is 3.03. The van der Waals surface area contributed by atoms with Gasteiger partial charge in [-0.1, -0.05) is 30.3 Å². The van der Waals surface area contributed by atoms with Gasteiger partial charge in [0.15, 0.2) is 11.5 Å². The monoisotopic (exact) mass is 341 g/mol. The number of para-hydroxylation sites is 2. The number of carbonyl (C=O) groups is 1. The molecule has 6 heteroatoms. The fraction of sp³-hybridized carbons (Fsp3) is 0.100. The van der Waals surface area contributed by atoms with Gasteiger partial charge in [0.25, 0.3) is 5.91 Å². The summed E-state index contributed by atoms with van der Waals surface area (Å²) < 4.78 is 0. The number of aromatic nitrogens is 2. The Balaban J connectivity index is 1.53. The number of amides is 1.